The number of allylic oxidation sites excluding steroid dienone is 4. The average molecular weight is 426 g/mol. The van der Waals surface area contributed by atoms with Crippen molar-refractivity contribution in [2.45, 2.75) is 6.42 Å². The summed E-state index contributed by atoms with van der Waals surface area (Å²) in [5.74, 6) is 0.0904. The van der Waals surface area contributed by atoms with Crippen molar-refractivity contribution in [2.24, 2.45) is 5.10 Å². The summed E-state index contributed by atoms with van der Waals surface area (Å²) in [6.45, 7) is 0. The Labute approximate surface area is 185 Å². The van der Waals surface area contributed by atoms with Gasteiger partial charge in [-0.15, -0.1) is 0 Å². The fourth-order valence-electron chi connectivity index (χ4n) is 3.25. The van der Waals surface area contributed by atoms with E-state index < -0.39 is 0 Å². The predicted molar refractivity (Wildman–Crippen MR) is 126 cm³/mol. The van der Waals surface area contributed by atoms with Crippen molar-refractivity contribution in [3.05, 3.63) is 95.9 Å². The average Bonchev–Trinajstić information content (AvgIpc) is 3.06. The number of benzene rings is 2. The van der Waals surface area contributed by atoms with Crippen molar-refractivity contribution in [1.82, 2.24) is 10.4 Å². The van der Waals surface area contributed by atoms with Crippen LogP contribution in [0.3, 0.4) is 0 Å². The van der Waals surface area contributed by atoms with Crippen LogP contribution in [0.25, 0.3) is 10.9 Å². The van der Waals surface area contributed by atoms with Crippen LogP contribution in [0.1, 0.15) is 12.0 Å². The Kier molecular flexibility index (Phi) is 6.27. The number of carbonyl (C=O) groups is 1. The van der Waals surface area contributed by atoms with E-state index in [9.17, 15) is 9.90 Å². The molecule has 1 aliphatic carbocycles. The highest BCUT2D eigenvalue weighted by molar-refractivity contribution is 5.95. The number of aromatic hydroxyl groups is 1. The van der Waals surface area contributed by atoms with E-state index in [1.54, 1.807) is 24.4 Å². The lowest BCUT2D eigenvalue weighted by atomic mass is 10.2. The molecule has 1 heterocycles. The number of fused-ring (bicyclic) bond motifs is 1. The van der Waals surface area contributed by atoms with Crippen LogP contribution in [0.4, 0.5) is 5.69 Å². The Morgan fingerprint density at radius 2 is 2.06 bits per heavy atom. The Morgan fingerprint density at radius 1 is 1.19 bits per heavy atom. The third kappa shape index (κ3) is 4.84. The van der Waals surface area contributed by atoms with Gasteiger partial charge >= 0.3 is 0 Å². The molecule has 160 valence electrons. The topological polar surface area (TPSA) is 95.8 Å². The molecular weight excluding hydrogens is 404 g/mol. The number of pyridine rings is 1. The normalized spacial score (nSPS) is 13.4. The van der Waals surface area contributed by atoms with Crippen molar-refractivity contribution < 1.29 is 14.6 Å². The molecule has 3 aromatic rings. The van der Waals surface area contributed by atoms with Crippen molar-refractivity contribution in [2.75, 3.05) is 12.4 Å². The molecule has 0 atom stereocenters. The Bertz CT molecular complexity index is 1270. The van der Waals surface area contributed by atoms with Crippen molar-refractivity contribution in [3.63, 3.8) is 0 Å². The lowest BCUT2D eigenvalue weighted by molar-refractivity contribution is -0.117. The monoisotopic (exact) mass is 426 g/mol. The molecule has 0 radical (unpaired) electrons. The Hall–Kier alpha value is -4.39. The number of phenols is 1. The maximum atomic E-state index is 12.5. The van der Waals surface area contributed by atoms with Gasteiger partial charge in [-0.1, -0.05) is 30.4 Å². The highest BCUT2D eigenvalue weighted by Crippen LogP contribution is 2.26. The van der Waals surface area contributed by atoms with E-state index in [1.165, 1.54) is 19.4 Å². The van der Waals surface area contributed by atoms with Crippen LogP contribution in [-0.2, 0) is 4.79 Å². The number of phenolic OH excluding ortho intramolecular Hbond substituents is 1. The quantitative estimate of drug-likeness (QED) is 0.404. The fourth-order valence-corrected chi connectivity index (χ4v) is 3.25. The van der Waals surface area contributed by atoms with Gasteiger partial charge in [-0.25, -0.2) is 5.43 Å². The number of rotatable bonds is 6. The summed E-state index contributed by atoms with van der Waals surface area (Å²) >= 11 is 0. The third-order valence-electron chi connectivity index (χ3n) is 4.90. The molecule has 0 spiro atoms. The summed E-state index contributed by atoms with van der Waals surface area (Å²) in [4.78, 5) is 16.9. The van der Waals surface area contributed by atoms with Gasteiger partial charge in [0, 0.05) is 28.5 Å². The minimum atomic E-state index is -0.288. The van der Waals surface area contributed by atoms with Crippen LogP contribution < -0.4 is 15.5 Å². The largest absolute Gasteiger partial charge is 0.504 e. The molecule has 0 unspecified atom stereocenters. The van der Waals surface area contributed by atoms with Gasteiger partial charge in [0.05, 0.1) is 18.8 Å². The molecular formula is C25H22N4O3. The second-order valence-corrected chi connectivity index (χ2v) is 7.05. The van der Waals surface area contributed by atoms with Gasteiger partial charge in [0.25, 0.3) is 5.91 Å². The lowest BCUT2D eigenvalue weighted by Gasteiger charge is -2.09. The first-order valence-electron chi connectivity index (χ1n) is 10.0. The molecule has 7 heteroatoms. The number of nitrogens with one attached hydrogen (secondary N) is 2. The van der Waals surface area contributed by atoms with E-state index in [0.29, 0.717) is 23.3 Å². The summed E-state index contributed by atoms with van der Waals surface area (Å²) in [5, 5.41) is 18.1. The smallest absolute Gasteiger partial charge is 0.267 e. The Morgan fingerprint density at radius 3 is 2.94 bits per heavy atom. The molecule has 1 aliphatic rings. The molecule has 0 saturated heterocycles. The SMILES string of the molecule is COc1cc(/C=N/NC(=O)C2=CC=C(Nc3ccnc4ccccc34)C=CC2)ccc1O. The third-order valence-corrected chi connectivity index (χ3v) is 4.90. The van der Waals surface area contributed by atoms with E-state index in [2.05, 4.69) is 20.8 Å². The minimum absolute atomic E-state index is 0.0417. The molecule has 3 N–H and O–H groups in total. The molecule has 4 rings (SSSR count). The van der Waals surface area contributed by atoms with Crippen molar-refractivity contribution in [1.29, 1.82) is 0 Å². The van der Waals surface area contributed by atoms with E-state index >= 15 is 0 Å². The summed E-state index contributed by atoms with van der Waals surface area (Å²) < 4.78 is 5.07. The first-order valence-corrected chi connectivity index (χ1v) is 10.0. The van der Waals surface area contributed by atoms with Gasteiger partial charge in [0.15, 0.2) is 11.5 Å². The zero-order valence-electron chi connectivity index (χ0n) is 17.4. The molecule has 7 nitrogen and oxygen atoms in total. The molecule has 1 amide bonds. The van der Waals surface area contributed by atoms with Crippen LogP contribution in [0, 0.1) is 0 Å². The number of aromatic nitrogens is 1. The molecule has 0 saturated carbocycles. The van der Waals surface area contributed by atoms with Crippen LogP contribution >= 0.6 is 0 Å². The molecule has 0 fully saturated rings. The van der Waals surface area contributed by atoms with Gasteiger partial charge in [0.2, 0.25) is 0 Å². The lowest BCUT2D eigenvalue weighted by Crippen LogP contribution is -2.19. The first kappa shape index (κ1) is 20.9. The van der Waals surface area contributed by atoms with Crippen molar-refractivity contribution in [3.8, 4) is 11.5 Å². The minimum Gasteiger partial charge on any atom is -0.504 e. The second kappa shape index (κ2) is 9.61. The fraction of sp³-hybridized carbons (Fsp3) is 0.0800. The van der Waals surface area contributed by atoms with Crippen LogP contribution in [0.15, 0.2) is 95.4 Å². The number of hydrogen-bond acceptors (Lipinski definition) is 6. The molecule has 32 heavy (non-hydrogen) atoms. The van der Waals surface area contributed by atoms with Crippen molar-refractivity contribution >= 4 is 28.7 Å². The van der Waals surface area contributed by atoms with Gasteiger partial charge < -0.3 is 15.2 Å². The number of nitrogens with zero attached hydrogens (tertiary/aromatic N) is 2. The number of methoxy groups -OCH3 is 1. The molecule has 0 bridgehead atoms. The maximum Gasteiger partial charge on any atom is 0.267 e. The maximum absolute atomic E-state index is 12.5. The number of ether oxygens (including phenoxy) is 1. The summed E-state index contributed by atoms with van der Waals surface area (Å²) in [6.07, 6.45) is 11.2. The number of anilines is 1. The summed E-state index contributed by atoms with van der Waals surface area (Å²) in [6, 6.07) is 14.6. The van der Waals surface area contributed by atoms with Crippen LogP contribution in [-0.4, -0.2) is 29.3 Å². The van der Waals surface area contributed by atoms with Crippen LogP contribution in [0.2, 0.25) is 0 Å². The van der Waals surface area contributed by atoms with Crippen LogP contribution in [0.5, 0.6) is 11.5 Å². The highest BCUT2D eigenvalue weighted by Gasteiger charge is 2.09. The standard InChI is InChI=1S/C25H22N4O3/c1-32-24-15-17(9-12-23(24)30)16-27-29-25(31)18-5-4-6-19(11-10-18)28-22-13-14-26-21-8-3-2-7-20(21)22/h2-4,6-16,30H,5H2,1H3,(H,26,28)(H,29,31)/b27-16+. The van der Waals surface area contributed by atoms with Gasteiger partial charge in [-0.3, -0.25) is 9.78 Å². The first-order chi connectivity index (χ1) is 15.6. The number of para-hydroxylation sites is 1. The van der Waals surface area contributed by atoms with Gasteiger partial charge in [-0.05, 0) is 54.5 Å². The van der Waals surface area contributed by atoms with Gasteiger partial charge in [0.1, 0.15) is 0 Å². The number of carbonyl (C=O) groups excluding carboxylic acids is 1. The predicted octanol–water partition coefficient (Wildman–Crippen LogP) is 4.28. The van der Waals surface area contributed by atoms with E-state index in [0.717, 1.165) is 22.3 Å². The molecule has 2 aromatic carbocycles. The second-order valence-electron chi connectivity index (χ2n) is 7.05. The van der Waals surface area contributed by atoms with E-state index in [4.69, 9.17) is 4.74 Å². The summed E-state index contributed by atoms with van der Waals surface area (Å²) in [7, 11) is 1.47. The number of hydrazone groups is 1. The molecule has 1 aromatic heterocycles. The zero-order valence-corrected chi connectivity index (χ0v) is 17.4. The zero-order chi connectivity index (χ0) is 22.3. The van der Waals surface area contributed by atoms with E-state index in [-0.39, 0.29) is 11.7 Å². The van der Waals surface area contributed by atoms with E-state index in [1.807, 2.05) is 48.6 Å². The summed E-state index contributed by atoms with van der Waals surface area (Å²) in [5.41, 5.74) is 6.53. The Balaban J connectivity index is 1.43. The molecule has 0 aliphatic heterocycles. The number of hydrogen-bond donors (Lipinski definition) is 3. The van der Waals surface area contributed by atoms with Gasteiger partial charge in [-0.2, -0.15) is 5.10 Å². The highest BCUT2D eigenvalue weighted by atomic mass is 16.5. The number of amides is 1.